The number of hydrogen-bond donors (Lipinski definition) is 0. The number of hydrogen-bond acceptors (Lipinski definition) is 3. The van der Waals surface area contributed by atoms with Crippen LogP contribution in [0, 0.1) is 0 Å². The van der Waals surface area contributed by atoms with Gasteiger partial charge < -0.3 is 4.90 Å². The molecule has 3 heterocycles. The molecule has 4 nitrogen and oxygen atoms in total. The van der Waals surface area contributed by atoms with Crippen molar-refractivity contribution in [3.63, 3.8) is 0 Å². The van der Waals surface area contributed by atoms with Crippen molar-refractivity contribution >= 4 is 17.7 Å². The lowest BCUT2D eigenvalue weighted by Gasteiger charge is -2.25. The van der Waals surface area contributed by atoms with E-state index < -0.39 is 11.9 Å². The highest BCUT2D eigenvalue weighted by Gasteiger charge is 2.37. The molecule has 3 rings (SSSR count). The van der Waals surface area contributed by atoms with E-state index in [1.807, 2.05) is 11.0 Å². The zero-order valence-electron chi connectivity index (χ0n) is 14.2. The largest absolute Gasteiger partial charge is 0.433 e. The Kier molecular flexibility index (Phi) is 5.46. The molecule has 2 aliphatic rings. The third-order valence-electron chi connectivity index (χ3n) is 4.66. The van der Waals surface area contributed by atoms with E-state index in [2.05, 4.69) is 5.10 Å². The number of amides is 1. The minimum atomic E-state index is -4.42. The van der Waals surface area contributed by atoms with Gasteiger partial charge in [0.05, 0.1) is 15.8 Å². The highest BCUT2D eigenvalue weighted by molar-refractivity contribution is 8.04. The van der Waals surface area contributed by atoms with E-state index in [1.165, 1.54) is 25.2 Å². The average molecular weight is 373 g/mol. The van der Waals surface area contributed by atoms with Crippen LogP contribution in [0.25, 0.3) is 0 Å². The lowest BCUT2D eigenvalue weighted by atomic mass is 10.1. The number of nitrogens with zero attached hydrogens (tertiary/aromatic N) is 3. The van der Waals surface area contributed by atoms with Gasteiger partial charge in [0, 0.05) is 20.1 Å². The fourth-order valence-corrected chi connectivity index (χ4v) is 4.46. The maximum Gasteiger partial charge on any atom is 0.433 e. The molecule has 25 heavy (non-hydrogen) atoms. The van der Waals surface area contributed by atoms with E-state index in [4.69, 9.17) is 0 Å². The summed E-state index contributed by atoms with van der Waals surface area (Å²) in [4.78, 5) is 15.2. The monoisotopic (exact) mass is 373 g/mol. The lowest BCUT2D eigenvalue weighted by molar-refractivity contribution is -0.143. The highest BCUT2D eigenvalue weighted by atomic mass is 32.2. The Bertz CT molecular complexity index is 661. The van der Waals surface area contributed by atoms with Crippen molar-refractivity contribution in [3.8, 4) is 0 Å². The Balaban J connectivity index is 1.65. The molecular weight excluding hydrogens is 351 g/mol. The van der Waals surface area contributed by atoms with E-state index >= 15 is 0 Å². The Morgan fingerprint density at radius 3 is 2.44 bits per heavy atom. The van der Waals surface area contributed by atoms with Gasteiger partial charge in [-0.3, -0.25) is 9.48 Å². The molecule has 1 unspecified atom stereocenters. The van der Waals surface area contributed by atoms with Gasteiger partial charge in [0.2, 0.25) is 0 Å². The standard InChI is InChI=1S/C17H22F3N3OS/c1-22-15(17(18,19)20)11-12(21-22)13-7-8-14(25-13)16(24)23-9-5-3-2-4-6-10-23/h8,11,13H,2-7,9-10H2,1H3. The SMILES string of the molecule is Cn1nc(C2CC=C(C(=O)N3CCCCCCC3)S2)cc1C(F)(F)F. The number of rotatable bonds is 2. The van der Waals surface area contributed by atoms with Crippen molar-refractivity contribution in [2.24, 2.45) is 7.05 Å². The second kappa shape index (κ2) is 7.43. The van der Waals surface area contributed by atoms with Crippen LogP contribution in [0.2, 0.25) is 0 Å². The van der Waals surface area contributed by atoms with Crippen LogP contribution >= 0.6 is 11.8 Å². The first-order valence-corrected chi connectivity index (χ1v) is 9.51. The number of likely N-dealkylation sites (tertiary alicyclic amines) is 1. The van der Waals surface area contributed by atoms with E-state index in [-0.39, 0.29) is 11.2 Å². The minimum Gasteiger partial charge on any atom is -0.338 e. The van der Waals surface area contributed by atoms with Crippen molar-refractivity contribution in [2.45, 2.75) is 50.0 Å². The van der Waals surface area contributed by atoms with E-state index in [0.29, 0.717) is 17.0 Å². The predicted molar refractivity (Wildman–Crippen MR) is 90.9 cm³/mol. The predicted octanol–water partition coefficient (Wildman–Crippen LogP) is 4.29. The summed E-state index contributed by atoms with van der Waals surface area (Å²) in [5, 5.41) is 3.78. The van der Waals surface area contributed by atoms with Gasteiger partial charge >= 0.3 is 6.18 Å². The molecule has 0 aliphatic carbocycles. The molecule has 0 bridgehead atoms. The Labute approximate surface area is 149 Å². The second-order valence-electron chi connectivity index (χ2n) is 6.55. The fourth-order valence-electron chi connectivity index (χ4n) is 3.30. The second-order valence-corrected chi connectivity index (χ2v) is 7.79. The molecule has 1 fully saturated rings. The summed E-state index contributed by atoms with van der Waals surface area (Å²) in [6.45, 7) is 1.53. The number of thioether (sulfide) groups is 1. The van der Waals surface area contributed by atoms with E-state index in [1.54, 1.807) is 0 Å². The fraction of sp³-hybridized carbons (Fsp3) is 0.647. The Morgan fingerprint density at radius 1 is 1.20 bits per heavy atom. The molecule has 0 N–H and O–H groups in total. The quantitative estimate of drug-likeness (QED) is 0.776. The van der Waals surface area contributed by atoms with Gasteiger partial charge in [0.1, 0.15) is 5.69 Å². The van der Waals surface area contributed by atoms with Crippen LogP contribution < -0.4 is 0 Å². The minimum absolute atomic E-state index is 0.0152. The summed E-state index contributed by atoms with van der Waals surface area (Å²) < 4.78 is 39.6. The summed E-state index contributed by atoms with van der Waals surface area (Å²) in [7, 11) is 1.30. The topological polar surface area (TPSA) is 38.1 Å². The van der Waals surface area contributed by atoms with Crippen molar-refractivity contribution in [1.29, 1.82) is 0 Å². The van der Waals surface area contributed by atoms with Crippen LogP contribution in [0.15, 0.2) is 17.0 Å². The maximum absolute atomic E-state index is 12.9. The number of aromatic nitrogens is 2. The summed E-state index contributed by atoms with van der Waals surface area (Å²) in [6.07, 6.45) is 3.51. The van der Waals surface area contributed by atoms with Crippen LogP contribution in [-0.2, 0) is 18.0 Å². The number of carbonyl (C=O) groups is 1. The van der Waals surface area contributed by atoms with E-state index in [9.17, 15) is 18.0 Å². The normalized spacial score (nSPS) is 22.5. The molecule has 0 aromatic carbocycles. The van der Waals surface area contributed by atoms with Gasteiger partial charge in [-0.25, -0.2) is 0 Å². The van der Waals surface area contributed by atoms with Crippen LogP contribution in [0.5, 0.6) is 0 Å². The van der Waals surface area contributed by atoms with Gasteiger partial charge in [0.25, 0.3) is 5.91 Å². The highest BCUT2D eigenvalue weighted by Crippen LogP contribution is 2.45. The zero-order chi connectivity index (χ0) is 18.0. The molecule has 1 aromatic heterocycles. The van der Waals surface area contributed by atoms with Crippen LogP contribution in [0.4, 0.5) is 13.2 Å². The van der Waals surface area contributed by atoms with Gasteiger partial charge in [-0.1, -0.05) is 25.3 Å². The smallest absolute Gasteiger partial charge is 0.338 e. The Morgan fingerprint density at radius 2 is 1.84 bits per heavy atom. The Hall–Kier alpha value is -1.44. The van der Waals surface area contributed by atoms with Gasteiger partial charge in [-0.15, -0.1) is 11.8 Å². The van der Waals surface area contributed by atoms with Crippen molar-refractivity contribution in [3.05, 3.63) is 28.4 Å². The number of aryl methyl sites for hydroxylation is 1. The molecule has 1 amide bonds. The first-order valence-electron chi connectivity index (χ1n) is 8.63. The zero-order valence-corrected chi connectivity index (χ0v) is 15.0. The number of halogens is 3. The van der Waals surface area contributed by atoms with Gasteiger partial charge in [-0.2, -0.15) is 18.3 Å². The molecule has 0 saturated carbocycles. The van der Waals surface area contributed by atoms with Crippen molar-refractivity contribution in [1.82, 2.24) is 14.7 Å². The van der Waals surface area contributed by atoms with Crippen molar-refractivity contribution < 1.29 is 18.0 Å². The molecule has 1 aromatic rings. The number of alkyl halides is 3. The first-order chi connectivity index (χ1) is 11.9. The van der Waals surface area contributed by atoms with Gasteiger partial charge in [-0.05, 0) is 25.3 Å². The summed E-state index contributed by atoms with van der Waals surface area (Å²) >= 11 is 1.34. The van der Waals surface area contributed by atoms with Crippen molar-refractivity contribution in [2.75, 3.05) is 13.1 Å². The maximum atomic E-state index is 12.9. The molecular formula is C17H22F3N3OS. The molecule has 138 valence electrons. The molecule has 2 aliphatic heterocycles. The summed E-state index contributed by atoms with van der Waals surface area (Å²) in [6, 6.07) is 1.09. The van der Waals surface area contributed by atoms with Gasteiger partial charge in [0.15, 0.2) is 0 Å². The third kappa shape index (κ3) is 4.22. The molecule has 0 spiro atoms. The lowest BCUT2D eigenvalue weighted by Crippen LogP contribution is -2.34. The first kappa shape index (κ1) is 18.4. The van der Waals surface area contributed by atoms with Crippen LogP contribution in [0.3, 0.4) is 0 Å². The summed E-state index contributed by atoms with van der Waals surface area (Å²) in [5.41, 5.74) is -0.377. The van der Waals surface area contributed by atoms with Crippen LogP contribution in [-0.4, -0.2) is 33.7 Å². The number of carbonyl (C=O) groups excluding carboxylic acids is 1. The molecule has 8 heteroatoms. The average Bonchev–Trinajstić information content (AvgIpc) is 3.12. The van der Waals surface area contributed by atoms with E-state index in [0.717, 1.165) is 49.5 Å². The number of allylic oxidation sites excluding steroid dienone is 1. The molecule has 1 saturated heterocycles. The molecule has 1 atom stereocenters. The third-order valence-corrected chi connectivity index (χ3v) is 5.97. The summed E-state index contributed by atoms with van der Waals surface area (Å²) in [5.74, 6) is 0.0152. The van der Waals surface area contributed by atoms with Crippen LogP contribution in [0.1, 0.15) is 55.2 Å². The molecule has 0 radical (unpaired) electrons.